The maximum absolute atomic E-state index is 12.6. The molecule has 0 aliphatic carbocycles. The lowest BCUT2D eigenvalue weighted by molar-refractivity contribution is -0.122. The van der Waals surface area contributed by atoms with Crippen molar-refractivity contribution in [3.8, 4) is 0 Å². The molecule has 3 N–H and O–H groups in total. The molecule has 2 unspecified atom stereocenters. The fourth-order valence-electron chi connectivity index (χ4n) is 8.16. The summed E-state index contributed by atoms with van der Waals surface area (Å²) in [5.74, 6) is -0.886. The zero-order valence-corrected chi connectivity index (χ0v) is 39.1. The van der Waals surface area contributed by atoms with Crippen molar-refractivity contribution in [2.24, 2.45) is 0 Å². The van der Waals surface area contributed by atoms with Gasteiger partial charge < -0.3 is 10.4 Å². The molecule has 0 aromatic carbocycles. The van der Waals surface area contributed by atoms with E-state index in [9.17, 15) is 22.9 Å². The van der Waals surface area contributed by atoms with Crippen molar-refractivity contribution >= 4 is 16.0 Å². The highest BCUT2D eigenvalue weighted by Crippen LogP contribution is 2.17. The molecule has 0 fully saturated rings. The third-order valence-corrected chi connectivity index (χ3v) is 12.8. The maximum Gasteiger partial charge on any atom is 0.266 e. The van der Waals surface area contributed by atoms with Crippen molar-refractivity contribution in [3.63, 3.8) is 0 Å². The molecule has 0 aromatic rings. The summed E-state index contributed by atoms with van der Waals surface area (Å²) in [6.45, 7) is 4.56. The smallest absolute Gasteiger partial charge is 0.266 e. The first kappa shape index (κ1) is 56.1. The van der Waals surface area contributed by atoms with E-state index < -0.39 is 28.0 Å². The van der Waals surface area contributed by atoms with Crippen LogP contribution in [0, 0.1) is 0 Å². The Kier molecular flexibility index (Phi) is 43.9. The SMILES string of the molecule is CCCCCCCCCC/C=C\CCCCCCCCCCCC(=O)NC(CS(=O)(=O)O)C(O)CCCCCCCCCCCCCCCCCCCCCCC. The van der Waals surface area contributed by atoms with E-state index in [0.29, 0.717) is 12.8 Å². The van der Waals surface area contributed by atoms with Gasteiger partial charge in [-0.25, -0.2) is 0 Å². The number of aliphatic hydroxyl groups is 1. The van der Waals surface area contributed by atoms with Crippen LogP contribution in [0.25, 0.3) is 0 Å². The van der Waals surface area contributed by atoms with Crippen LogP contribution in [0.5, 0.6) is 0 Å². The van der Waals surface area contributed by atoms with Gasteiger partial charge in [0.1, 0.15) is 0 Å². The number of unbranched alkanes of at least 4 members (excludes halogenated alkanes) is 37. The zero-order chi connectivity index (χ0) is 41.8. The summed E-state index contributed by atoms with van der Waals surface area (Å²) in [5.41, 5.74) is 0. The van der Waals surface area contributed by atoms with Gasteiger partial charge in [-0.05, 0) is 38.5 Å². The van der Waals surface area contributed by atoms with Gasteiger partial charge in [0.25, 0.3) is 10.1 Å². The van der Waals surface area contributed by atoms with Crippen molar-refractivity contribution in [1.29, 1.82) is 0 Å². The van der Waals surface area contributed by atoms with Crippen LogP contribution in [0.1, 0.15) is 284 Å². The highest BCUT2D eigenvalue weighted by atomic mass is 32.2. The first-order valence-electron chi connectivity index (χ1n) is 25.4. The van der Waals surface area contributed by atoms with E-state index in [1.807, 2.05) is 0 Å². The molecule has 340 valence electrons. The predicted molar refractivity (Wildman–Crippen MR) is 249 cm³/mol. The van der Waals surface area contributed by atoms with E-state index in [2.05, 4.69) is 31.3 Å². The minimum absolute atomic E-state index is 0.242. The van der Waals surface area contributed by atoms with Gasteiger partial charge in [0, 0.05) is 6.42 Å². The molecule has 6 nitrogen and oxygen atoms in total. The Balaban J connectivity index is 3.73. The lowest BCUT2D eigenvalue weighted by Crippen LogP contribution is -2.47. The van der Waals surface area contributed by atoms with Gasteiger partial charge in [-0.1, -0.05) is 251 Å². The van der Waals surface area contributed by atoms with E-state index >= 15 is 0 Å². The van der Waals surface area contributed by atoms with E-state index in [1.165, 1.54) is 218 Å². The molecular weight excluding hydrogens is 727 g/mol. The fraction of sp³-hybridized carbons (Fsp3) is 0.940. The van der Waals surface area contributed by atoms with Crippen molar-refractivity contribution in [1.82, 2.24) is 5.32 Å². The molecule has 57 heavy (non-hydrogen) atoms. The molecule has 2 atom stereocenters. The molecule has 1 amide bonds. The van der Waals surface area contributed by atoms with Gasteiger partial charge in [0.05, 0.1) is 17.9 Å². The van der Waals surface area contributed by atoms with Gasteiger partial charge in [-0.3, -0.25) is 9.35 Å². The first-order valence-corrected chi connectivity index (χ1v) is 27.0. The van der Waals surface area contributed by atoms with Crippen LogP contribution in [0.2, 0.25) is 0 Å². The van der Waals surface area contributed by atoms with Gasteiger partial charge in [0.15, 0.2) is 0 Å². The van der Waals surface area contributed by atoms with E-state index in [1.54, 1.807) is 0 Å². The number of carbonyl (C=O) groups excluding carboxylic acids is 1. The minimum Gasteiger partial charge on any atom is -0.391 e. The number of hydrogen-bond acceptors (Lipinski definition) is 4. The molecule has 0 aliphatic rings. The van der Waals surface area contributed by atoms with Gasteiger partial charge in [0.2, 0.25) is 5.91 Å². The van der Waals surface area contributed by atoms with Crippen LogP contribution in [-0.4, -0.2) is 41.9 Å². The summed E-state index contributed by atoms with van der Waals surface area (Å²) in [4.78, 5) is 12.6. The predicted octanol–water partition coefficient (Wildman–Crippen LogP) is 15.7. The zero-order valence-electron chi connectivity index (χ0n) is 38.2. The Hall–Kier alpha value is -0.920. The standard InChI is InChI=1S/C50H99NO5S/c1-3-5-7-9-11-13-15-17-19-21-23-25-27-29-31-33-35-37-39-41-43-45-49(52)48(47-57(54,55)56)51-50(53)46-44-42-40-38-36-34-32-30-28-26-24-22-20-18-16-14-12-10-8-6-4-2/h22,24,48-49,52H,3-21,23,25-47H2,1-2H3,(H,51,53)(H,54,55,56)/b24-22-. The second kappa shape index (κ2) is 44.6. The number of nitrogens with one attached hydrogen (secondary N) is 1. The van der Waals surface area contributed by atoms with E-state index in [0.717, 1.165) is 38.5 Å². The summed E-state index contributed by atoms with van der Waals surface area (Å²) in [5, 5.41) is 13.4. The van der Waals surface area contributed by atoms with Gasteiger partial charge in [-0.15, -0.1) is 0 Å². The van der Waals surface area contributed by atoms with Crippen LogP contribution in [0.15, 0.2) is 12.2 Å². The van der Waals surface area contributed by atoms with Crippen LogP contribution in [0.3, 0.4) is 0 Å². The van der Waals surface area contributed by atoms with E-state index in [-0.39, 0.29) is 5.91 Å². The molecule has 0 saturated carbocycles. The monoisotopic (exact) mass is 826 g/mol. The topological polar surface area (TPSA) is 104 Å². The van der Waals surface area contributed by atoms with Crippen LogP contribution in [0.4, 0.5) is 0 Å². The molecule has 0 spiro atoms. The average molecular weight is 826 g/mol. The second-order valence-electron chi connectivity index (χ2n) is 17.8. The van der Waals surface area contributed by atoms with Crippen LogP contribution >= 0.6 is 0 Å². The quantitative estimate of drug-likeness (QED) is 0.0322. The Morgan fingerprint density at radius 1 is 0.456 bits per heavy atom. The van der Waals surface area contributed by atoms with E-state index in [4.69, 9.17) is 0 Å². The van der Waals surface area contributed by atoms with Crippen molar-refractivity contribution in [2.45, 2.75) is 296 Å². The fourth-order valence-corrected chi connectivity index (χ4v) is 8.92. The largest absolute Gasteiger partial charge is 0.391 e. The van der Waals surface area contributed by atoms with Crippen LogP contribution in [-0.2, 0) is 14.9 Å². The summed E-state index contributed by atoms with van der Waals surface area (Å²) < 4.78 is 32.7. The maximum atomic E-state index is 12.6. The summed E-state index contributed by atoms with van der Waals surface area (Å²) in [6, 6.07) is -0.969. The molecule has 7 heteroatoms. The van der Waals surface area contributed by atoms with Crippen molar-refractivity contribution < 1.29 is 22.9 Å². The Labute approximate surface area is 356 Å². The summed E-state index contributed by atoms with van der Waals surface area (Å²) >= 11 is 0. The van der Waals surface area contributed by atoms with Crippen molar-refractivity contribution in [2.75, 3.05) is 5.75 Å². The molecule has 0 radical (unpaired) electrons. The van der Waals surface area contributed by atoms with Crippen molar-refractivity contribution in [3.05, 3.63) is 12.2 Å². The Morgan fingerprint density at radius 2 is 0.737 bits per heavy atom. The third kappa shape index (κ3) is 46.0. The third-order valence-electron chi connectivity index (χ3n) is 12.0. The molecular formula is C50H99NO5S. The number of amides is 1. The average Bonchev–Trinajstić information content (AvgIpc) is 3.18. The Morgan fingerprint density at radius 3 is 1.05 bits per heavy atom. The van der Waals surface area contributed by atoms with Gasteiger partial charge >= 0.3 is 0 Å². The highest BCUT2D eigenvalue weighted by molar-refractivity contribution is 7.85. The molecule has 0 heterocycles. The molecule has 0 aromatic heterocycles. The Bertz CT molecular complexity index is 954. The lowest BCUT2D eigenvalue weighted by atomic mass is 10.0. The lowest BCUT2D eigenvalue weighted by Gasteiger charge is -2.23. The molecule has 0 saturated heterocycles. The molecule has 0 rings (SSSR count). The molecule has 0 aliphatic heterocycles. The number of carbonyl (C=O) groups is 1. The second-order valence-corrected chi connectivity index (χ2v) is 19.3. The highest BCUT2D eigenvalue weighted by Gasteiger charge is 2.26. The summed E-state index contributed by atoms with van der Waals surface area (Å²) in [6.07, 6.45) is 56.1. The molecule has 0 bridgehead atoms. The summed E-state index contributed by atoms with van der Waals surface area (Å²) in [7, 11) is -4.31. The normalized spacial score (nSPS) is 13.1. The first-order chi connectivity index (χ1) is 27.8. The number of aliphatic hydroxyl groups excluding tert-OH is 1. The number of rotatable bonds is 47. The number of allylic oxidation sites excluding steroid dienone is 2. The van der Waals surface area contributed by atoms with Gasteiger partial charge in [-0.2, -0.15) is 8.42 Å². The van der Waals surface area contributed by atoms with Crippen LogP contribution < -0.4 is 5.32 Å². The minimum atomic E-state index is -4.31. The number of hydrogen-bond donors (Lipinski definition) is 3.